The smallest absolute Gasteiger partial charge is 0.0173 e. The van der Waals surface area contributed by atoms with Crippen molar-refractivity contribution in [2.24, 2.45) is 0 Å². The van der Waals surface area contributed by atoms with Crippen molar-refractivity contribution in [1.29, 1.82) is 0 Å². The fourth-order valence-electron chi connectivity index (χ4n) is 1.20. The van der Waals surface area contributed by atoms with Crippen LogP contribution in [0.3, 0.4) is 0 Å². The zero-order valence-corrected chi connectivity index (χ0v) is 6.42. The van der Waals surface area contributed by atoms with Gasteiger partial charge in [0.1, 0.15) is 0 Å². The lowest BCUT2D eigenvalue weighted by atomic mass is 10.4. The summed E-state index contributed by atoms with van der Waals surface area (Å²) in [6, 6.07) is 0. The lowest BCUT2D eigenvalue weighted by Gasteiger charge is -2.09. The highest BCUT2D eigenvalue weighted by Crippen LogP contribution is 2.07. The van der Waals surface area contributed by atoms with Crippen molar-refractivity contribution in [3.05, 3.63) is 24.9 Å². The molecule has 0 saturated carbocycles. The van der Waals surface area contributed by atoms with Crippen molar-refractivity contribution in [1.82, 2.24) is 4.90 Å². The van der Waals surface area contributed by atoms with Crippen molar-refractivity contribution in [3.63, 3.8) is 0 Å². The third kappa shape index (κ3) is 2.26. The van der Waals surface area contributed by atoms with Gasteiger partial charge < -0.3 is 4.90 Å². The van der Waals surface area contributed by atoms with Crippen molar-refractivity contribution >= 4 is 0 Å². The van der Waals surface area contributed by atoms with Crippen LogP contribution in [0.25, 0.3) is 0 Å². The van der Waals surface area contributed by atoms with Crippen molar-refractivity contribution < 1.29 is 0 Å². The zero-order chi connectivity index (χ0) is 7.23. The molecule has 1 aliphatic heterocycles. The lowest BCUT2D eigenvalue weighted by molar-refractivity contribution is 0.467. The predicted molar refractivity (Wildman–Crippen MR) is 44.8 cm³/mol. The lowest BCUT2D eigenvalue weighted by Crippen LogP contribution is -2.09. The van der Waals surface area contributed by atoms with Gasteiger partial charge in [-0.3, -0.25) is 0 Å². The molecule has 1 rings (SSSR count). The van der Waals surface area contributed by atoms with Crippen LogP contribution in [0, 0.1) is 0 Å². The SMILES string of the molecule is C=CC/C=C/N1CCCC1. The number of likely N-dealkylation sites (tertiary alicyclic amines) is 1. The molecule has 10 heavy (non-hydrogen) atoms. The second kappa shape index (κ2) is 4.15. The number of allylic oxidation sites excluding steroid dienone is 2. The second-order valence-electron chi connectivity index (χ2n) is 2.65. The van der Waals surface area contributed by atoms with E-state index in [9.17, 15) is 0 Å². The molecule has 0 radical (unpaired) electrons. The number of nitrogens with zero attached hydrogens (tertiary/aromatic N) is 1. The van der Waals surface area contributed by atoms with E-state index in [1.165, 1.54) is 25.9 Å². The molecule has 1 heterocycles. The van der Waals surface area contributed by atoms with Crippen LogP contribution in [-0.4, -0.2) is 18.0 Å². The topological polar surface area (TPSA) is 3.24 Å². The first-order valence-electron chi connectivity index (χ1n) is 3.95. The Morgan fingerprint density at radius 1 is 1.30 bits per heavy atom. The van der Waals surface area contributed by atoms with Crippen LogP contribution in [-0.2, 0) is 0 Å². The van der Waals surface area contributed by atoms with Crippen molar-refractivity contribution in [2.75, 3.05) is 13.1 Å². The van der Waals surface area contributed by atoms with Gasteiger partial charge in [0.05, 0.1) is 0 Å². The molecule has 1 nitrogen and oxygen atoms in total. The van der Waals surface area contributed by atoms with Crippen LogP contribution in [0.1, 0.15) is 19.3 Å². The maximum absolute atomic E-state index is 3.66. The monoisotopic (exact) mass is 137 g/mol. The van der Waals surface area contributed by atoms with Gasteiger partial charge in [-0.15, -0.1) is 6.58 Å². The molecule has 1 heteroatoms. The maximum Gasteiger partial charge on any atom is 0.0173 e. The highest BCUT2D eigenvalue weighted by Gasteiger charge is 2.04. The first-order chi connectivity index (χ1) is 4.93. The molecule has 1 aliphatic rings. The molecule has 0 aromatic carbocycles. The largest absolute Gasteiger partial charge is 0.378 e. The van der Waals surface area contributed by atoms with Crippen molar-refractivity contribution in [2.45, 2.75) is 19.3 Å². The molecule has 1 fully saturated rings. The average Bonchev–Trinajstić information content (AvgIpc) is 2.41. The molecule has 0 bridgehead atoms. The van der Waals surface area contributed by atoms with Crippen LogP contribution in [0.4, 0.5) is 0 Å². The minimum absolute atomic E-state index is 0.997. The van der Waals surface area contributed by atoms with Crippen LogP contribution >= 0.6 is 0 Å². The zero-order valence-electron chi connectivity index (χ0n) is 6.42. The molecule has 1 saturated heterocycles. The Bertz CT molecular complexity index is 121. The quantitative estimate of drug-likeness (QED) is 0.539. The van der Waals surface area contributed by atoms with Crippen molar-refractivity contribution in [3.8, 4) is 0 Å². The maximum atomic E-state index is 3.66. The van der Waals surface area contributed by atoms with E-state index in [1.54, 1.807) is 0 Å². The van der Waals surface area contributed by atoms with Crippen LogP contribution in [0.2, 0.25) is 0 Å². The van der Waals surface area contributed by atoms with E-state index in [0.29, 0.717) is 0 Å². The van der Waals surface area contributed by atoms with Gasteiger partial charge >= 0.3 is 0 Å². The Hall–Kier alpha value is -0.720. The average molecular weight is 137 g/mol. The van der Waals surface area contributed by atoms with Crippen LogP contribution < -0.4 is 0 Å². The summed E-state index contributed by atoms with van der Waals surface area (Å²) in [7, 11) is 0. The number of rotatable bonds is 3. The summed E-state index contributed by atoms with van der Waals surface area (Å²) < 4.78 is 0. The van der Waals surface area contributed by atoms with Gasteiger partial charge in [-0.05, 0) is 25.5 Å². The summed E-state index contributed by atoms with van der Waals surface area (Å²) in [6.45, 7) is 6.14. The molecular weight excluding hydrogens is 122 g/mol. The molecule has 0 aromatic rings. The first-order valence-corrected chi connectivity index (χ1v) is 3.95. The Morgan fingerprint density at radius 3 is 2.60 bits per heavy atom. The summed E-state index contributed by atoms with van der Waals surface area (Å²) in [6.07, 6.45) is 9.99. The van der Waals surface area contributed by atoms with Gasteiger partial charge in [0.15, 0.2) is 0 Å². The molecule has 56 valence electrons. The number of hydrogen-bond donors (Lipinski definition) is 0. The van der Waals surface area contributed by atoms with Gasteiger partial charge in [-0.2, -0.15) is 0 Å². The predicted octanol–water partition coefficient (Wildman–Crippen LogP) is 2.17. The van der Waals surface area contributed by atoms with E-state index in [1.807, 2.05) is 6.08 Å². The van der Waals surface area contributed by atoms with E-state index in [-0.39, 0.29) is 0 Å². The summed E-state index contributed by atoms with van der Waals surface area (Å²) in [5.41, 5.74) is 0. The molecule has 0 N–H and O–H groups in total. The molecule has 0 aliphatic carbocycles. The van der Waals surface area contributed by atoms with E-state index in [2.05, 4.69) is 23.8 Å². The molecule has 0 spiro atoms. The van der Waals surface area contributed by atoms with E-state index < -0.39 is 0 Å². The molecule has 0 unspecified atom stereocenters. The first kappa shape index (κ1) is 7.39. The summed E-state index contributed by atoms with van der Waals surface area (Å²) in [5, 5.41) is 0. The summed E-state index contributed by atoms with van der Waals surface area (Å²) >= 11 is 0. The Balaban J connectivity index is 2.16. The Kier molecular flexibility index (Phi) is 3.07. The number of hydrogen-bond acceptors (Lipinski definition) is 1. The highest BCUT2D eigenvalue weighted by molar-refractivity contribution is 4.89. The standard InChI is InChI=1S/C9H15N/c1-2-3-4-7-10-8-5-6-9-10/h2,4,7H,1,3,5-6,8-9H2/b7-4+. The van der Waals surface area contributed by atoms with Crippen LogP contribution in [0.5, 0.6) is 0 Å². The highest BCUT2D eigenvalue weighted by atomic mass is 15.1. The van der Waals surface area contributed by atoms with Crippen LogP contribution in [0.15, 0.2) is 24.9 Å². The van der Waals surface area contributed by atoms with Gasteiger partial charge in [0.25, 0.3) is 0 Å². The third-order valence-corrected chi connectivity index (χ3v) is 1.76. The van der Waals surface area contributed by atoms with E-state index in [4.69, 9.17) is 0 Å². The van der Waals surface area contributed by atoms with Gasteiger partial charge in [0, 0.05) is 13.1 Å². The minimum Gasteiger partial charge on any atom is -0.378 e. The minimum atomic E-state index is 0.997. The molecule has 0 amide bonds. The van der Waals surface area contributed by atoms with E-state index >= 15 is 0 Å². The Morgan fingerprint density at radius 2 is 2.00 bits per heavy atom. The van der Waals surface area contributed by atoms with Gasteiger partial charge in [0.2, 0.25) is 0 Å². The Labute approximate surface area is 63.0 Å². The van der Waals surface area contributed by atoms with Gasteiger partial charge in [-0.1, -0.05) is 12.2 Å². The fraction of sp³-hybridized carbons (Fsp3) is 0.556. The van der Waals surface area contributed by atoms with Gasteiger partial charge in [-0.25, -0.2) is 0 Å². The molecule has 0 atom stereocenters. The van der Waals surface area contributed by atoms with E-state index in [0.717, 1.165) is 6.42 Å². The fourth-order valence-corrected chi connectivity index (χ4v) is 1.20. The molecule has 0 aromatic heterocycles. The third-order valence-electron chi connectivity index (χ3n) is 1.76. The summed E-state index contributed by atoms with van der Waals surface area (Å²) in [5.74, 6) is 0. The molecular formula is C9H15N. The summed E-state index contributed by atoms with van der Waals surface area (Å²) in [4.78, 5) is 2.36. The normalized spacial score (nSPS) is 18.6. The second-order valence-corrected chi connectivity index (χ2v) is 2.65.